The summed E-state index contributed by atoms with van der Waals surface area (Å²) in [5.74, 6) is -0.463. The molecule has 27 heavy (non-hydrogen) atoms. The smallest absolute Gasteiger partial charge is 0.235 e. The molecule has 0 spiro atoms. The molecule has 4 rings (SSSR count). The highest BCUT2D eigenvalue weighted by Gasteiger charge is 2.46. The van der Waals surface area contributed by atoms with Crippen LogP contribution in [-0.2, 0) is 15.0 Å². The summed E-state index contributed by atoms with van der Waals surface area (Å²) in [6.07, 6.45) is 3.62. The molecule has 2 aliphatic rings. The first-order valence-corrected chi connectivity index (χ1v) is 9.55. The van der Waals surface area contributed by atoms with E-state index in [2.05, 4.69) is 5.32 Å². The summed E-state index contributed by atoms with van der Waals surface area (Å²) in [4.78, 5) is 26.8. The molecule has 0 aromatic heterocycles. The van der Waals surface area contributed by atoms with Gasteiger partial charge < -0.3 is 10.2 Å². The van der Waals surface area contributed by atoms with Crippen LogP contribution in [-0.4, -0.2) is 18.4 Å². The fraction of sp³-hybridized carbons (Fsp3) is 0.333. The highest BCUT2D eigenvalue weighted by atomic mass is 35.5. The zero-order chi connectivity index (χ0) is 19.0. The van der Waals surface area contributed by atoms with Crippen LogP contribution in [0, 0.1) is 5.82 Å². The molecule has 2 aromatic carbocycles. The van der Waals surface area contributed by atoms with Gasteiger partial charge in [0.25, 0.3) is 0 Å². The average molecular weight is 387 g/mol. The number of anilines is 2. The summed E-state index contributed by atoms with van der Waals surface area (Å²) in [5.41, 5.74) is 1.16. The highest BCUT2D eigenvalue weighted by molar-refractivity contribution is 6.34. The zero-order valence-corrected chi connectivity index (χ0v) is 15.6. The number of benzene rings is 2. The van der Waals surface area contributed by atoms with Gasteiger partial charge in [0.15, 0.2) is 0 Å². The van der Waals surface area contributed by atoms with E-state index in [4.69, 9.17) is 11.6 Å². The minimum Gasteiger partial charge on any atom is -0.324 e. The molecule has 2 fully saturated rings. The van der Waals surface area contributed by atoms with Crippen LogP contribution >= 0.6 is 11.6 Å². The van der Waals surface area contributed by atoms with Gasteiger partial charge in [-0.25, -0.2) is 4.39 Å². The van der Waals surface area contributed by atoms with E-state index in [9.17, 15) is 14.0 Å². The number of amides is 2. The number of nitrogens with zero attached hydrogens (tertiary/aromatic N) is 1. The van der Waals surface area contributed by atoms with Crippen molar-refractivity contribution in [3.8, 4) is 0 Å². The van der Waals surface area contributed by atoms with Crippen molar-refractivity contribution in [1.82, 2.24) is 0 Å². The standard InChI is InChI=1S/C21H20ClFN2O2/c22-17-8-7-16(25-11-2-6-19(25)26)13-18(17)24-20(27)21(9-3-10-21)14-4-1-5-15(23)12-14/h1,4-5,7-8,12-13H,2-3,6,9-11H2,(H,24,27). The fourth-order valence-corrected chi connectivity index (χ4v) is 4.07. The summed E-state index contributed by atoms with van der Waals surface area (Å²) in [6, 6.07) is 11.4. The Balaban J connectivity index is 1.61. The van der Waals surface area contributed by atoms with E-state index in [0.717, 1.165) is 18.5 Å². The van der Waals surface area contributed by atoms with Crippen LogP contribution in [0.25, 0.3) is 0 Å². The van der Waals surface area contributed by atoms with Gasteiger partial charge in [-0.2, -0.15) is 0 Å². The molecular weight excluding hydrogens is 367 g/mol. The third-order valence-corrected chi connectivity index (χ3v) is 5.93. The van der Waals surface area contributed by atoms with Crippen LogP contribution in [0.2, 0.25) is 5.02 Å². The predicted octanol–water partition coefficient (Wildman–Crippen LogP) is 4.67. The zero-order valence-electron chi connectivity index (χ0n) is 14.8. The molecule has 1 saturated carbocycles. The van der Waals surface area contributed by atoms with Crippen LogP contribution < -0.4 is 10.2 Å². The molecule has 0 bridgehead atoms. The number of rotatable bonds is 4. The lowest BCUT2D eigenvalue weighted by molar-refractivity contribution is -0.124. The maximum atomic E-state index is 13.7. The van der Waals surface area contributed by atoms with Gasteiger partial charge in [0.05, 0.1) is 16.1 Å². The van der Waals surface area contributed by atoms with Crippen molar-refractivity contribution in [2.75, 3.05) is 16.8 Å². The summed E-state index contributed by atoms with van der Waals surface area (Å²) in [5, 5.41) is 3.33. The Labute approximate surface area is 162 Å². The van der Waals surface area contributed by atoms with E-state index in [1.165, 1.54) is 12.1 Å². The SMILES string of the molecule is O=C1CCCN1c1ccc(Cl)c(NC(=O)C2(c3cccc(F)c3)CCC2)c1. The molecule has 4 nitrogen and oxygen atoms in total. The summed E-state index contributed by atoms with van der Waals surface area (Å²) >= 11 is 6.29. The lowest BCUT2D eigenvalue weighted by Crippen LogP contribution is -2.46. The van der Waals surface area contributed by atoms with Gasteiger partial charge in [0.2, 0.25) is 11.8 Å². The molecule has 1 N–H and O–H groups in total. The quantitative estimate of drug-likeness (QED) is 0.830. The van der Waals surface area contributed by atoms with Crippen LogP contribution in [0.15, 0.2) is 42.5 Å². The second-order valence-electron chi connectivity index (χ2n) is 7.21. The van der Waals surface area contributed by atoms with Gasteiger partial charge in [-0.3, -0.25) is 9.59 Å². The lowest BCUT2D eigenvalue weighted by atomic mass is 9.63. The van der Waals surface area contributed by atoms with Gasteiger partial charge in [0.1, 0.15) is 5.82 Å². The highest BCUT2D eigenvalue weighted by Crippen LogP contribution is 2.45. The van der Waals surface area contributed by atoms with Crippen LogP contribution in [0.4, 0.5) is 15.8 Å². The largest absolute Gasteiger partial charge is 0.324 e. The third-order valence-electron chi connectivity index (χ3n) is 5.60. The Kier molecular flexibility index (Phi) is 4.64. The van der Waals surface area contributed by atoms with Crippen LogP contribution in [0.5, 0.6) is 0 Å². The second kappa shape index (κ2) is 6.97. The number of nitrogens with one attached hydrogen (secondary N) is 1. The minimum atomic E-state index is -0.731. The Morgan fingerprint density at radius 1 is 1.15 bits per heavy atom. The van der Waals surface area contributed by atoms with Crippen molar-refractivity contribution in [1.29, 1.82) is 0 Å². The molecule has 2 amide bonds. The van der Waals surface area contributed by atoms with Gasteiger partial charge in [-0.05, 0) is 55.2 Å². The Hall–Kier alpha value is -2.40. The molecule has 1 heterocycles. The van der Waals surface area contributed by atoms with Crippen LogP contribution in [0.1, 0.15) is 37.7 Å². The molecule has 0 unspecified atom stereocenters. The van der Waals surface area contributed by atoms with Crippen molar-refractivity contribution in [2.24, 2.45) is 0 Å². The van der Waals surface area contributed by atoms with Gasteiger partial charge in [-0.1, -0.05) is 30.2 Å². The Bertz CT molecular complexity index is 911. The fourth-order valence-electron chi connectivity index (χ4n) is 3.90. The minimum absolute atomic E-state index is 0.0739. The number of hydrogen-bond acceptors (Lipinski definition) is 2. The molecular formula is C21H20ClFN2O2. The number of halogens is 2. The van der Waals surface area contributed by atoms with Crippen molar-refractivity contribution in [3.63, 3.8) is 0 Å². The molecule has 2 aromatic rings. The number of hydrogen-bond donors (Lipinski definition) is 1. The first-order valence-electron chi connectivity index (χ1n) is 9.17. The van der Waals surface area contributed by atoms with Crippen molar-refractivity contribution < 1.29 is 14.0 Å². The molecule has 140 valence electrons. The average Bonchev–Trinajstić information content (AvgIpc) is 3.02. The third kappa shape index (κ3) is 3.21. The van der Waals surface area contributed by atoms with Gasteiger partial charge in [0, 0.05) is 18.7 Å². The topological polar surface area (TPSA) is 49.4 Å². The number of carbonyl (C=O) groups is 2. The van der Waals surface area contributed by atoms with Crippen molar-refractivity contribution >= 4 is 34.8 Å². The van der Waals surface area contributed by atoms with E-state index in [1.54, 1.807) is 35.2 Å². The van der Waals surface area contributed by atoms with Crippen LogP contribution in [0.3, 0.4) is 0 Å². The molecule has 0 atom stereocenters. The monoisotopic (exact) mass is 386 g/mol. The van der Waals surface area contributed by atoms with E-state index in [0.29, 0.717) is 42.1 Å². The van der Waals surface area contributed by atoms with Gasteiger partial charge in [-0.15, -0.1) is 0 Å². The predicted molar refractivity (Wildman–Crippen MR) is 104 cm³/mol. The molecule has 1 aliphatic carbocycles. The molecule has 6 heteroatoms. The molecule has 0 radical (unpaired) electrons. The first-order chi connectivity index (χ1) is 13.0. The van der Waals surface area contributed by atoms with E-state index >= 15 is 0 Å². The van der Waals surface area contributed by atoms with E-state index in [-0.39, 0.29) is 17.6 Å². The summed E-state index contributed by atoms with van der Waals surface area (Å²) in [6.45, 7) is 0.668. The van der Waals surface area contributed by atoms with E-state index in [1.807, 2.05) is 0 Å². The van der Waals surface area contributed by atoms with Crippen molar-refractivity contribution in [3.05, 3.63) is 58.9 Å². The lowest BCUT2D eigenvalue weighted by Gasteiger charge is -2.40. The normalized spacial score (nSPS) is 18.3. The second-order valence-corrected chi connectivity index (χ2v) is 7.62. The molecule has 1 saturated heterocycles. The Morgan fingerprint density at radius 3 is 2.59 bits per heavy atom. The van der Waals surface area contributed by atoms with Crippen molar-refractivity contribution in [2.45, 2.75) is 37.5 Å². The maximum absolute atomic E-state index is 13.7. The summed E-state index contributed by atoms with van der Waals surface area (Å²) < 4.78 is 13.7. The van der Waals surface area contributed by atoms with E-state index < -0.39 is 5.41 Å². The molecule has 1 aliphatic heterocycles. The maximum Gasteiger partial charge on any atom is 0.235 e. The number of carbonyl (C=O) groups excluding carboxylic acids is 2. The van der Waals surface area contributed by atoms with Gasteiger partial charge >= 0.3 is 0 Å². The first kappa shape index (κ1) is 18.0. The Morgan fingerprint density at radius 2 is 1.96 bits per heavy atom. The summed E-state index contributed by atoms with van der Waals surface area (Å²) in [7, 11) is 0.